The van der Waals surface area contributed by atoms with E-state index in [1.54, 1.807) is 12.1 Å². The Bertz CT molecular complexity index is 357. The van der Waals surface area contributed by atoms with Crippen LogP contribution in [0.2, 0.25) is 0 Å². The van der Waals surface area contributed by atoms with Gasteiger partial charge in [-0.1, -0.05) is 26.0 Å². The van der Waals surface area contributed by atoms with Gasteiger partial charge in [-0.05, 0) is 36.6 Å². The predicted molar refractivity (Wildman–Crippen MR) is 69.7 cm³/mol. The van der Waals surface area contributed by atoms with Crippen molar-refractivity contribution < 1.29 is 14.6 Å². The van der Waals surface area contributed by atoms with Gasteiger partial charge in [-0.25, -0.2) is 4.39 Å². The van der Waals surface area contributed by atoms with E-state index in [-0.39, 0.29) is 18.5 Å². The molecule has 0 aromatic heterocycles. The normalized spacial score (nSPS) is 14.8. The van der Waals surface area contributed by atoms with Gasteiger partial charge >= 0.3 is 0 Å². The van der Waals surface area contributed by atoms with Crippen LogP contribution in [0.5, 0.6) is 0 Å². The second-order valence-corrected chi connectivity index (χ2v) is 4.85. The summed E-state index contributed by atoms with van der Waals surface area (Å²) in [4.78, 5) is 0. The topological polar surface area (TPSA) is 52.5 Å². The van der Waals surface area contributed by atoms with E-state index >= 15 is 0 Å². The van der Waals surface area contributed by atoms with E-state index < -0.39 is 6.10 Å². The van der Waals surface area contributed by atoms with Crippen molar-refractivity contribution in [2.75, 3.05) is 13.2 Å². The Kier molecular flexibility index (Phi) is 6.25. The molecule has 0 amide bonds. The summed E-state index contributed by atoms with van der Waals surface area (Å²) in [5.74, 6) is -0.00348. The van der Waals surface area contributed by atoms with Crippen LogP contribution < -0.4 is 5.32 Å². The number of aliphatic hydroxyl groups is 2. The van der Waals surface area contributed by atoms with Gasteiger partial charge in [-0.15, -0.1) is 0 Å². The lowest BCUT2D eigenvalue weighted by Crippen LogP contribution is -2.38. The third kappa shape index (κ3) is 4.72. The minimum atomic E-state index is -0.681. The van der Waals surface area contributed by atoms with Crippen LogP contribution in [0.4, 0.5) is 4.39 Å². The fourth-order valence-electron chi connectivity index (χ4n) is 1.80. The summed E-state index contributed by atoms with van der Waals surface area (Å²) in [6.45, 7) is 4.71. The zero-order valence-corrected chi connectivity index (χ0v) is 10.9. The van der Waals surface area contributed by atoms with Crippen molar-refractivity contribution in [3.05, 3.63) is 35.6 Å². The number of benzene rings is 1. The molecule has 0 radical (unpaired) electrons. The summed E-state index contributed by atoms with van der Waals surface area (Å²) in [6, 6.07) is 6.03. The number of nitrogens with one attached hydrogen (secondary N) is 1. The molecule has 0 aliphatic heterocycles. The molecule has 0 aliphatic carbocycles. The lowest BCUT2D eigenvalue weighted by atomic mass is 10.0. The van der Waals surface area contributed by atoms with Gasteiger partial charge in [-0.3, -0.25) is 0 Å². The Labute approximate surface area is 108 Å². The lowest BCUT2D eigenvalue weighted by molar-refractivity contribution is 0.156. The minimum Gasteiger partial charge on any atom is -0.395 e. The molecule has 0 bridgehead atoms. The highest BCUT2D eigenvalue weighted by atomic mass is 19.1. The second-order valence-electron chi connectivity index (χ2n) is 4.85. The van der Waals surface area contributed by atoms with Crippen LogP contribution in [-0.4, -0.2) is 29.4 Å². The van der Waals surface area contributed by atoms with E-state index in [0.29, 0.717) is 24.4 Å². The van der Waals surface area contributed by atoms with Crippen LogP contribution in [0.1, 0.15) is 31.9 Å². The van der Waals surface area contributed by atoms with Crippen molar-refractivity contribution in [1.29, 1.82) is 0 Å². The molecule has 1 aromatic carbocycles. The molecule has 3 N–H and O–H groups in total. The molecule has 1 aromatic rings. The van der Waals surface area contributed by atoms with Gasteiger partial charge in [-0.2, -0.15) is 0 Å². The highest BCUT2D eigenvalue weighted by molar-refractivity contribution is 5.18. The summed E-state index contributed by atoms with van der Waals surface area (Å²) >= 11 is 0. The summed E-state index contributed by atoms with van der Waals surface area (Å²) in [6.07, 6.45) is -0.188. The second kappa shape index (κ2) is 7.46. The van der Waals surface area contributed by atoms with Crippen molar-refractivity contribution in [1.82, 2.24) is 5.32 Å². The van der Waals surface area contributed by atoms with Crippen LogP contribution in [0.25, 0.3) is 0 Å². The van der Waals surface area contributed by atoms with Crippen LogP contribution in [0, 0.1) is 11.7 Å². The van der Waals surface area contributed by atoms with Gasteiger partial charge in [0.05, 0.1) is 12.7 Å². The van der Waals surface area contributed by atoms with Gasteiger partial charge in [0, 0.05) is 6.04 Å². The smallest absolute Gasteiger partial charge is 0.123 e. The van der Waals surface area contributed by atoms with Crippen molar-refractivity contribution in [2.45, 2.75) is 32.4 Å². The summed E-state index contributed by atoms with van der Waals surface area (Å²) in [5, 5.41) is 22.2. The number of rotatable bonds is 7. The molecule has 0 spiro atoms. The molecule has 18 heavy (non-hydrogen) atoms. The number of aliphatic hydroxyl groups excluding tert-OH is 2. The van der Waals surface area contributed by atoms with Gasteiger partial charge < -0.3 is 15.5 Å². The molecule has 2 unspecified atom stereocenters. The molecule has 0 saturated heterocycles. The lowest BCUT2D eigenvalue weighted by Gasteiger charge is -2.21. The third-order valence-corrected chi connectivity index (χ3v) is 3.06. The zero-order valence-electron chi connectivity index (χ0n) is 10.9. The van der Waals surface area contributed by atoms with Gasteiger partial charge in [0.1, 0.15) is 5.82 Å². The first-order valence-corrected chi connectivity index (χ1v) is 6.32. The average molecular weight is 255 g/mol. The molecular weight excluding hydrogens is 233 g/mol. The van der Waals surface area contributed by atoms with E-state index in [1.165, 1.54) is 12.1 Å². The summed E-state index contributed by atoms with van der Waals surface area (Å²) in [5.41, 5.74) is 0.585. The van der Waals surface area contributed by atoms with Crippen molar-refractivity contribution >= 4 is 0 Å². The first kappa shape index (κ1) is 15.1. The van der Waals surface area contributed by atoms with Crippen molar-refractivity contribution in [3.8, 4) is 0 Å². The van der Waals surface area contributed by atoms with E-state index in [2.05, 4.69) is 5.32 Å². The van der Waals surface area contributed by atoms with Crippen LogP contribution in [-0.2, 0) is 0 Å². The Balaban J connectivity index is 2.39. The van der Waals surface area contributed by atoms with E-state index in [4.69, 9.17) is 5.11 Å². The molecule has 0 fully saturated rings. The average Bonchev–Trinajstić information content (AvgIpc) is 2.34. The SMILES string of the molecule is CC(C)C(CO)NCCC(O)c1cccc(F)c1. The molecule has 1 rings (SSSR count). The number of hydrogen-bond acceptors (Lipinski definition) is 3. The quantitative estimate of drug-likeness (QED) is 0.697. The minimum absolute atomic E-state index is 0.0321. The maximum atomic E-state index is 13.0. The zero-order chi connectivity index (χ0) is 13.5. The molecule has 3 nitrogen and oxygen atoms in total. The van der Waals surface area contributed by atoms with E-state index in [9.17, 15) is 9.50 Å². The maximum absolute atomic E-state index is 13.0. The van der Waals surface area contributed by atoms with Crippen molar-refractivity contribution in [3.63, 3.8) is 0 Å². The molecular formula is C14H22FNO2. The standard InChI is InChI=1S/C14H22FNO2/c1-10(2)13(9-17)16-7-6-14(18)11-4-3-5-12(15)8-11/h3-5,8,10,13-14,16-18H,6-7,9H2,1-2H3. The molecule has 0 heterocycles. The highest BCUT2D eigenvalue weighted by Crippen LogP contribution is 2.17. The Morgan fingerprint density at radius 1 is 1.33 bits per heavy atom. The molecule has 2 atom stereocenters. The maximum Gasteiger partial charge on any atom is 0.123 e. The van der Waals surface area contributed by atoms with Gasteiger partial charge in [0.15, 0.2) is 0 Å². The van der Waals surface area contributed by atoms with E-state index in [1.807, 2.05) is 13.8 Å². The van der Waals surface area contributed by atoms with Gasteiger partial charge in [0.2, 0.25) is 0 Å². The Morgan fingerprint density at radius 2 is 2.06 bits per heavy atom. The van der Waals surface area contributed by atoms with E-state index in [0.717, 1.165) is 0 Å². The van der Waals surface area contributed by atoms with Crippen LogP contribution in [0.15, 0.2) is 24.3 Å². The molecule has 0 saturated carbocycles. The van der Waals surface area contributed by atoms with Crippen molar-refractivity contribution in [2.24, 2.45) is 5.92 Å². The number of hydrogen-bond donors (Lipinski definition) is 3. The highest BCUT2D eigenvalue weighted by Gasteiger charge is 2.13. The summed E-state index contributed by atoms with van der Waals surface area (Å²) < 4.78 is 13.0. The Morgan fingerprint density at radius 3 is 2.61 bits per heavy atom. The van der Waals surface area contributed by atoms with Crippen LogP contribution >= 0.6 is 0 Å². The molecule has 102 valence electrons. The molecule has 0 aliphatic rings. The predicted octanol–water partition coefficient (Wildman–Crippen LogP) is 1.86. The van der Waals surface area contributed by atoms with Crippen LogP contribution in [0.3, 0.4) is 0 Å². The fraction of sp³-hybridized carbons (Fsp3) is 0.571. The van der Waals surface area contributed by atoms with Gasteiger partial charge in [0.25, 0.3) is 0 Å². The first-order valence-electron chi connectivity index (χ1n) is 6.32. The third-order valence-electron chi connectivity index (χ3n) is 3.06. The largest absolute Gasteiger partial charge is 0.395 e. The first-order chi connectivity index (χ1) is 8.54. The fourth-order valence-corrected chi connectivity index (χ4v) is 1.80. The summed E-state index contributed by atoms with van der Waals surface area (Å²) in [7, 11) is 0. The Hall–Kier alpha value is -0.970. The monoisotopic (exact) mass is 255 g/mol. The molecule has 4 heteroatoms. The number of halogens is 1.